The van der Waals surface area contributed by atoms with Crippen LogP contribution in [0.4, 0.5) is 0 Å². The van der Waals surface area contributed by atoms with Crippen molar-refractivity contribution in [1.82, 2.24) is 15.0 Å². The molecule has 10 aromatic rings. The second-order valence-electron chi connectivity index (χ2n) is 13.9. The molecule has 0 saturated carbocycles. The third-order valence-electron chi connectivity index (χ3n) is 10.4. The van der Waals surface area contributed by atoms with Crippen molar-refractivity contribution in [3.05, 3.63) is 200 Å². The van der Waals surface area contributed by atoms with Crippen LogP contribution in [0, 0.1) is 11.3 Å². The molecule has 2 aromatic heterocycles. The van der Waals surface area contributed by atoms with Gasteiger partial charge in [0.15, 0.2) is 17.5 Å². The van der Waals surface area contributed by atoms with Gasteiger partial charge in [0.05, 0.1) is 11.6 Å². The number of nitriles is 1. The molecule has 0 fully saturated rings. The maximum Gasteiger partial charge on any atom is 0.164 e. The van der Waals surface area contributed by atoms with E-state index < -0.39 is 0 Å². The van der Waals surface area contributed by atoms with Crippen LogP contribution in [0.1, 0.15) is 5.56 Å². The number of benzene rings is 8. The lowest BCUT2D eigenvalue weighted by molar-refractivity contribution is 1.08. The van der Waals surface area contributed by atoms with Crippen LogP contribution in [0.25, 0.3) is 98.8 Å². The molecule has 10 rings (SSSR count). The summed E-state index contributed by atoms with van der Waals surface area (Å²) < 4.78 is 2.35. The molecule has 57 heavy (non-hydrogen) atoms. The highest BCUT2D eigenvalue weighted by atomic mass is 32.1. The SMILES string of the molecule is N#Cc1ccccc1-c1ccc(-c2ccc(-c3nc(-c4ccccc4)nc(-c4ccccc4)n3)c3c2sc2c(-c4ccccc4)cc(-c4ccccc4)cc23)cc1. The molecule has 0 aliphatic rings. The summed E-state index contributed by atoms with van der Waals surface area (Å²) in [7, 11) is 0. The quantitative estimate of drug-likeness (QED) is 0.163. The Bertz CT molecular complexity index is 3040. The molecule has 0 N–H and O–H groups in total. The first kappa shape index (κ1) is 34.0. The van der Waals surface area contributed by atoms with E-state index in [4.69, 9.17) is 15.0 Å². The minimum absolute atomic E-state index is 0.619. The van der Waals surface area contributed by atoms with Crippen molar-refractivity contribution in [2.75, 3.05) is 0 Å². The van der Waals surface area contributed by atoms with E-state index in [-0.39, 0.29) is 0 Å². The second-order valence-corrected chi connectivity index (χ2v) is 14.9. The molecule has 0 amide bonds. The smallest absolute Gasteiger partial charge is 0.164 e. The lowest BCUT2D eigenvalue weighted by Crippen LogP contribution is -2.00. The molecule has 266 valence electrons. The summed E-state index contributed by atoms with van der Waals surface area (Å²) in [5, 5.41) is 12.1. The Morgan fingerprint density at radius 1 is 0.351 bits per heavy atom. The Morgan fingerprint density at radius 2 is 0.825 bits per heavy atom. The summed E-state index contributed by atoms with van der Waals surface area (Å²) in [5.74, 6) is 1.87. The van der Waals surface area contributed by atoms with Crippen molar-refractivity contribution < 1.29 is 0 Å². The fourth-order valence-corrected chi connectivity index (χ4v) is 9.00. The highest BCUT2D eigenvalue weighted by Gasteiger charge is 2.22. The van der Waals surface area contributed by atoms with E-state index in [1.165, 1.54) is 10.3 Å². The van der Waals surface area contributed by atoms with Gasteiger partial charge in [-0.2, -0.15) is 5.26 Å². The van der Waals surface area contributed by atoms with Gasteiger partial charge in [-0.1, -0.05) is 170 Å². The summed E-state index contributed by atoms with van der Waals surface area (Å²) in [6.45, 7) is 0. The Hall–Kier alpha value is -7.52. The molecular weight excluding hydrogens is 713 g/mol. The van der Waals surface area contributed by atoms with Crippen LogP contribution < -0.4 is 0 Å². The number of hydrogen-bond acceptors (Lipinski definition) is 5. The summed E-state index contributed by atoms with van der Waals surface area (Å²) in [5.41, 5.74) is 12.2. The van der Waals surface area contributed by atoms with Gasteiger partial charge in [-0.3, -0.25) is 0 Å². The van der Waals surface area contributed by atoms with Crippen LogP contribution in [0.2, 0.25) is 0 Å². The number of thiophene rings is 1. The minimum Gasteiger partial charge on any atom is -0.208 e. The molecule has 0 saturated heterocycles. The van der Waals surface area contributed by atoms with Crippen LogP contribution in [0.5, 0.6) is 0 Å². The van der Waals surface area contributed by atoms with Gasteiger partial charge in [-0.25, -0.2) is 15.0 Å². The standard InChI is InChI=1S/C52H32N4S/c53-33-40-23-13-14-24-42(40)36-25-27-37(28-26-36)43-29-30-44(52-55-50(38-19-9-3-10-20-38)54-51(56-52)39-21-11-4-12-22-39)47-46-32-41(34-15-5-1-6-16-34)31-45(48(46)57-49(43)47)35-17-7-2-8-18-35/h1-32H. The molecule has 0 unspecified atom stereocenters. The third kappa shape index (κ3) is 6.34. The van der Waals surface area contributed by atoms with E-state index in [1.807, 2.05) is 96.3 Å². The Labute approximate surface area is 334 Å². The molecule has 0 radical (unpaired) electrons. The number of nitrogens with zero attached hydrogens (tertiary/aromatic N) is 4. The molecule has 5 heteroatoms. The zero-order valence-electron chi connectivity index (χ0n) is 30.7. The van der Waals surface area contributed by atoms with Gasteiger partial charge in [0, 0.05) is 42.4 Å². The zero-order chi connectivity index (χ0) is 38.1. The van der Waals surface area contributed by atoms with Gasteiger partial charge in [-0.05, 0) is 63.2 Å². The molecule has 0 aliphatic carbocycles. The Kier molecular flexibility index (Phi) is 8.72. The molecule has 0 bridgehead atoms. The predicted octanol–water partition coefficient (Wildman–Crippen LogP) is 13.8. The summed E-state index contributed by atoms with van der Waals surface area (Å²) in [4.78, 5) is 15.4. The maximum absolute atomic E-state index is 9.82. The molecule has 0 spiro atoms. The third-order valence-corrected chi connectivity index (χ3v) is 11.7. The summed E-state index contributed by atoms with van der Waals surface area (Å²) >= 11 is 1.81. The second kappa shape index (κ2) is 14.6. The zero-order valence-corrected chi connectivity index (χ0v) is 31.5. The van der Waals surface area contributed by atoms with Crippen molar-refractivity contribution in [3.63, 3.8) is 0 Å². The lowest BCUT2D eigenvalue weighted by atomic mass is 9.93. The molecule has 2 heterocycles. The largest absolute Gasteiger partial charge is 0.208 e. The van der Waals surface area contributed by atoms with Crippen molar-refractivity contribution in [3.8, 4) is 84.7 Å². The van der Waals surface area contributed by atoms with E-state index >= 15 is 0 Å². The highest BCUT2D eigenvalue weighted by Crippen LogP contribution is 2.49. The van der Waals surface area contributed by atoms with Crippen molar-refractivity contribution in [2.45, 2.75) is 0 Å². The molecule has 4 nitrogen and oxygen atoms in total. The topological polar surface area (TPSA) is 62.5 Å². The number of hydrogen-bond donors (Lipinski definition) is 0. The van der Waals surface area contributed by atoms with Crippen LogP contribution >= 0.6 is 11.3 Å². The van der Waals surface area contributed by atoms with Gasteiger partial charge in [0.1, 0.15) is 0 Å². The lowest BCUT2D eigenvalue weighted by Gasteiger charge is -2.12. The van der Waals surface area contributed by atoms with E-state index in [1.54, 1.807) is 0 Å². The average Bonchev–Trinajstić information content (AvgIpc) is 3.69. The first-order valence-electron chi connectivity index (χ1n) is 18.8. The molecule has 0 aliphatic heterocycles. The normalized spacial score (nSPS) is 11.1. The number of fused-ring (bicyclic) bond motifs is 3. The number of rotatable bonds is 7. The summed E-state index contributed by atoms with van der Waals surface area (Å²) in [6.07, 6.45) is 0. The van der Waals surface area contributed by atoms with Crippen molar-refractivity contribution in [1.29, 1.82) is 5.26 Å². The van der Waals surface area contributed by atoms with E-state index in [9.17, 15) is 5.26 Å². The van der Waals surface area contributed by atoms with E-state index in [2.05, 4.69) is 115 Å². The average molecular weight is 745 g/mol. The number of aromatic nitrogens is 3. The minimum atomic E-state index is 0.619. The van der Waals surface area contributed by atoms with Crippen LogP contribution in [-0.4, -0.2) is 15.0 Å². The van der Waals surface area contributed by atoms with Crippen LogP contribution in [0.15, 0.2) is 194 Å². The van der Waals surface area contributed by atoms with Gasteiger partial charge in [0.25, 0.3) is 0 Å². The first-order chi connectivity index (χ1) is 28.2. The van der Waals surface area contributed by atoms with Gasteiger partial charge in [-0.15, -0.1) is 11.3 Å². The van der Waals surface area contributed by atoms with Crippen molar-refractivity contribution in [2.24, 2.45) is 0 Å². The van der Waals surface area contributed by atoms with E-state index in [0.717, 1.165) is 71.1 Å². The fraction of sp³-hybridized carbons (Fsp3) is 0. The maximum atomic E-state index is 9.82. The Balaban J connectivity index is 1.27. The van der Waals surface area contributed by atoms with Crippen LogP contribution in [-0.2, 0) is 0 Å². The molecular formula is C52H32N4S. The summed E-state index contributed by atoms with van der Waals surface area (Å²) in [6, 6.07) is 69.2. The molecule has 8 aromatic carbocycles. The van der Waals surface area contributed by atoms with Gasteiger partial charge >= 0.3 is 0 Å². The highest BCUT2D eigenvalue weighted by molar-refractivity contribution is 7.27. The van der Waals surface area contributed by atoms with Gasteiger partial charge in [0.2, 0.25) is 0 Å². The van der Waals surface area contributed by atoms with Gasteiger partial charge < -0.3 is 0 Å². The first-order valence-corrected chi connectivity index (χ1v) is 19.6. The van der Waals surface area contributed by atoms with Crippen molar-refractivity contribution >= 4 is 31.5 Å². The van der Waals surface area contributed by atoms with Crippen LogP contribution in [0.3, 0.4) is 0 Å². The molecule has 0 atom stereocenters. The monoisotopic (exact) mass is 744 g/mol. The Morgan fingerprint density at radius 3 is 1.42 bits per heavy atom. The van der Waals surface area contributed by atoms with E-state index in [0.29, 0.717) is 23.0 Å². The fourth-order valence-electron chi connectivity index (χ4n) is 7.62. The predicted molar refractivity (Wildman–Crippen MR) is 235 cm³/mol.